The van der Waals surface area contributed by atoms with Gasteiger partial charge in [0, 0.05) is 31.4 Å². The van der Waals surface area contributed by atoms with E-state index in [2.05, 4.69) is 16.0 Å². The lowest BCUT2D eigenvalue weighted by atomic mass is 9.94. The Morgan fingerprint density at radius 2 is 1.95 bits per heavy atom. The molecular formula is C16H17N3O2. The quantitative estimate of drug-likeness (QED) is 0.782. The molecule has 1 saturated heterocycles. The van der Waals surface area contributed by atoms with E-state index in [-0.39, 0.29) is 0 Å². The van der Waals surface area contributed by atoms with Crippen molar-refractivity contribution in [3.8, 4) is 0 Å². The Bertz CT molecular complexity index is 790. The minimum atomic E-state index is -0.712. The molecule has 1 N–H and O–H groups in total. The van der Waals surface area contributed by atoms with Crippen molar-refractivity contribution in [1.29, 1.82) is 0 Å². The molecule has 0 amide bonds. The number of imidazole rings is 1. The largest absolute Gasteiger partial charge is 0.388 e. The van der Waals surface area contributed by atoms with Crippen LogP contribution in [0.2, 0.25) is 0 Å². The van der Waals surface area contributed by atoms with Crippen molar-refractivity contribution in [1.82, 2.24) is 14.5 Å². The van der Waals surface area contributed by atoms with Gasteiger partial charge in [-0.2, -0.15) is 0 Å². The highest BCUT2D eigenvalue weighted by atomic mass is 16.5. The topological polar surface area (TPSA) is 60.2 Å². The molecule has 4 rings (SSSR count). The molecule has 5 nitrogen and oxygen atoms in total. The number of pyridine rings is 1. The number of fused-ring (bicyclic) bond motifs is 3. The van der Waals surface area contributed by atoms with Crippen molar-refractivity contribution in [3.05, 3.63) is 36.8 Å². The third-order valence-corrected chi connectivity index (χ3v) is 4.24. The number of ether oxygens (including phenoxy) is 1. The van der Waals surface area contributed by atoms with E-state index in [1.165, 1.54) is 0 Å². The van der Waals surface area contributed by atoms with E-state index in [0.717, 1.165) is 21.9 Å². The molecule has 0 bridgehead atoms. The number of para-hydroxylation sites is 1. The fraction of sp³-hybridized carbons (Fsp3) is 0.375. The monoisotopic (exact) mass is 283 g/mol. The maximum atomic E-state index is 10.7. The van der Waals surface area contributed by atoms with Crippen molar-refractivity contribution >= 4 is 21.9 Å². The van der Waals surface area contributed by atoms with Crippen LogP contribution in [0.1, 0.15) is 12.8 Å². The first-order valence-corrected chi connectivity index (χ1v) is 7.24. The minimum absolute atomic E-state index is 0.543. The highest BCUT2D eigenvalue weighted by molar-refractivity contribution is 6.01. The van der Waals surface area contributed by atoms with Gasteiger partial charge in [-0.1, -0.05) is 18.2 Å². The Labute approximate surface area is 122 Å². The fourth-order valence-electron chi connectivity index (χ4n) is 3.05. The summed E-state index contributed by atoms with van der Waals surface area (Å²) in [4.78, 5) is 8.85. The summed E-state index contributed by atoms with van der Waals surface area (Å²) < 4.78 is 7.39. The van der Waals surface area contributed by atoms with Gasteiger partial charge in [-0.3, -0.25) is 4.98 Å². The van der Waals surface area contributed by atoms with Crippen LogP contribution in [-0.4, -0.2) is 38.5 Å². The number of aliphatic hydroxyl groups is 1. The summed E-state index contributed by atoms with van der Waals surface area (Å²) in [5.41, 5.74) is 2.14. The van der Waals surface area contributed by atoms with Gasteiger partial charge in [0.05, 0.1) is 35.7 Å². The van der Waals surface area contributed by atoms with Crippen molar-refractivity contribution in [2.24, 2.45) is 0 Å². The third-order valence-electron chi connectivity index (χ3n) is 4.24. The van der Waals surface area contributed by atoms with E-state index in [4.69, 9.17) is 4.74 Å². The van der Waals surface area contributed by atoms with E-state index in [9.17, 15) is 5.11 Å². The lowest BCUT2D eigenvalue weighted by Crippen LogP contribution is -2.40. The molecule has 2 aromatic heterocycles. The summed E-state index contributed by atoms with van der Waals surface area (Å²) in [5, 5.41) is 11.8. The lowest BCUT2D eigenvalue weighted by Gasteiger charge is -2.32. The van der Waals surface area contributed by atoms with Crippen LogP contribution in [0, 0.1) is 0 Å². The average molecular weight is 283 g/mol. The molecule has 0 radical (unpaired) electrons. The SMILES string of the molecule is OC1(Cn2cnc3cnc4ccccc4c32)CCOCC1. The van der Waals surface area contributed by atoms with Gasteiger partial charge >= 0.3 is 0 Å². The van der Waals surface area contributed by atoms with E-state index in [0.29, 0.717) is 32.6 Å². The second-order valence-electron chi connectivity index (χ2n) is 5.72. The molecule has 0 spiro atoms. The van der Waals surface area contributed by atoms with Gasteiger partial charge < -0.3 is 14.4 Å². The van der Waals surface area contributed by atoms with E-state index >= 15 is 0 Å². The van der Waals surface area contributed by atoms with Gasteiger partial charge in [0.1, 0.15) is 5.52 Å². The molecule has 0 aliphatic carbocycles. The molecule has 5 heteroatoms. The first-order valence-electron chi connectivity index (χ1n) is 7.24. The molecular weight excluding hydrogens is 266 g/mol. The number of hydrogen-bond acceptors (Lipinski definition) is 4. The second-order valence-corrected chi connectivity index (χ2v) is 5.72. The molecule has 3 aromatic rings. The van der Waals surface area contributed by atoms with Crippen LogP contribution in [0.15, 0.2) is 36.8 Å². The van der Waals surface area contributed by atoms with Crippen LogP contribution in [0.3, 0.4) is 0 Å². The first kappa shape index (κ1) is 12.7. The Balaban J connectivity index is 1.83. The smallest absolute Gasteiger partial charge is 0.107 e. The molecule has 1 aliphatic heterocycles. The van der Waals surface area contributed by atoms with Crippen LogP contribution in [0.4, 0.5) is 0 Å². The van der Waals surface area contributed by atoms with E-state index in [1.54, 1.807) is 12.5 Å². The van der Waals surface area contributed by atoms with E-state index < -0.39 is 5.60 Å². The molecule has 0 saturated carbocycles. The summed E-state index contributed by atoms with van der Waals surface area (Å²) in [6, 6.07) is 8.03. The summed E-state index contributed by atoms with van der Waals surface area (Å²) in [5.74, 6) is 0. The Hall–Kier alpha value is -1.98. The highest BCUT2D eigenvalue weighted by Crippen LogP contribution is 2.27. The predicted molar refractivity (Wildman–Crippen MR) is 80.0 cm³/mol. The van der Waals surface area contributed by atoms with Gasteiger partial charge in [-0.05, 0) is 6.07 Å². The number of aromatic nitrogens is 3. The maximum absolute atomic E-state index is 10.7. The zero-order chi connectivity index (χ0) is 14.3. The first-order chi connectivity index (χ1) is 10.3. The minimum Gasteiger partial charge on any atom is -0.388 e. The second kappa shape index (κ2) is 4.79. The summed E-state index contributed by atoms with van der Waals surface area (Å²) >= 11 is 0. The summed E-state index contributed by atoms with van der Waals surface area (Å²) in [6.07, 6.45) is 4.92. The van der Waals surface area contributed by atoms with Crippen LogP contribution in [-0.2, 0) is 11.3 Å². The number of rotatable bonds is 2. The molecule has 108 valence electrons. The molecule has 21 heavy (non-hydrogen) atoms. The Morgan fingerprint density at radius 1 is 1.14 bits per heavy atom. The van der Waals surface area contributed by atoms with Crippen LogP contribution in [0.5, 0.6) is 0 Å². The van der Waals surface area contributed by atoms with Gasteiger partial charge in [0.15, 0.2) is 0 Å². The van der Waals surface area contributed by atoms with Gasteiger partial charge in [-0.15, -0.1) is 0 Å². The standard InChI is InChI=1S/C16H17N3O2/c20-16(5-7-21-8-6-16)10-19-11-18-14-9-17-13-4-2-1-3-12(13)15(14)19/h1-4,9,11,20H,5-8,10H2. The Morgan fingerprint density at radius 3 is 2.81 bits per heavy atom. The predicted octanol–water partition coefficient (Wildman–Crippen LogP) is 2.13. The Kier molecular flexibility index (Phi) is 2.90. The van der Waals surface area contributed by atoms with Crippen LogP contribution in [0.25, 0.3) is 21.9 Å². The lowest BCUT2D eigenvalue weighted by molar-refractivity contribution is -0.0722. The summed E-state index contributed by atoms with van der Waals surface area (Å²) in [6.45, 7) is 1.78. The molecule has 0 atom stereocenters. The molecule has 1 aliphatic rings. The zero-order valence-electron chi connectivity index (χ0n) is 11.7. The van der Waals surface area contributed by atoms with Crippen molar-refractivity contribution in [2.45, 2.75) is 25.0 Å². The fourth-order valence-corrected chi connectivity index (χ4v) is 3.05. The highest BCUT2D eigenvalue weighted by Gasteiger charge is 2.30. The van der Waals surface area contributed by atoms with Crippen molar-refractivity contribution in [3.63, 3.8) is 0 Å². The average Bonchev–Trinajstić information content (AvgIpc) is 2.91. The number of hydrogen-bond donors (Lipinski definition) is 1. The van der Waals surface area contributed by atoms with Gasteiger partial charge in [-0.25, -0.2) is 4.98 Å². The number of benzene rings is 1. The van der Waals surface area contributed by atoms with Gasteiger partial charge in [0.25, 0.3) is 0 Å². The number of nitrogens with zero attached hydrogens (tertiary/aromatic N) is 3. The van der Waals surface area contributed by atoms with Crippen LogP contribution < -0.4 is 0 Å². The normalized spacial score (nSPS) is 18.3. The van der Waals surface area contributed by atoms with Gasteiger partial charge in [0.2, 0.25) is 0 Å². The van der Waals surface area contributed by atoms with Crippen LogP contribution >= 0.6 is 0 Å². The molecule has 1 aromatic carbocycles. The zero-order valence-corrected chi connectivity index (χ0v) is 11.7. The van der Waals surface area contributed by atoms with Crippen molar-refractivity contribution < 1.29 is 9.84 Å². The molecule has 3 heterocycles. The molecule has 0 unspecified atom stereocenters. The maximum Gasteiger partial charge on any atom is 0.107 e. The molecule has 1 fully saturated rings. The third kappa shape index (κ3) is 2.18. The summed E-state index contributed by atoms with van der Waals surface area (Å²) in [7, 11) is 0. The van der Waals surface area contributed by atoms with Crippen molar-refractivity contribution in [2.75, 3.05) is 13.2 Å². The van der Waals surface area contributed by atoms with E-state index in [1.807, 2.05) is 22.8 Å².